The van der Waals surface area contributed by atoms with E-state index >= 15 is 0 Å². The van der Waals surface area contributed by atoms with Crippen LogP contribution in [0.5, 0.6) is 0 Å². The fraction of sp³-hybridized carbons (Fsp3) is 0.136. The van der Waals surface area contributed by atoms with Crippen molar-refractivity contribution in [2.24, 2.45) is 0 Å². The molecule has 0 radical (unpaired) electrons. The Labute approximate surface area is 163 Å². The van der Waals surface area contributed by atoms with E-state index in [0.717, 1.165) is 23.0 Å². The highest BCUT2D eigenvalue weighted by Crippen LogP contribution is 2.32. The number of hydrogen-bond donors (Lipinski definition) is 1. The predicted octanol–water partition coefficient (Wildman–Crippen LogP) is 5.89. The highest BCUT2D eigenvalue weighted by Gasteiger charge is 2.24. The van der Waals surface area contributed by atoms with Gasteiger partial charge >= 0.3 is 0 Å². The molecule has 130 valence electrons. The summed E-state index contributed by atoms with van der Waals surface area (Å²) < 4.78 is 1.32. The molecule has 0 amide bonds. The molecule has 2 heterocycles. The van der Waals surface area contributed by atoms with Crippen LogP contribution in [0.25, 0.3) is 16.2 Å². The third kappa shape index (κ3) is 3.06. The van der Waals surface area contributed by atoms with Crippen LogP contribution in [0.3, 0.4) is 0 Å². The number of allylic oxidation sites excluding steroid dienone is 1. The van der Waals surface area contributed by atoms with Crippen molar-refractivity contribution in [2.45, 2.75) is 13.8 Å². The molecule has 4 heteroatoms. The van der Waals surface area contributed by atoms with Crippen LogP contribution in [0.2, 0.25) is 0 Å². The predicted molar refractivity (Wildman–Crippen MR) is 118 cm³/mol. The topological polar surface area (TPSA) is 15.3 Å². The monoisotopic (exact) mass is 376 g/mol. The lowest BCUT2D eigenvalue weighted by Crippen LogP contribution is -2.46. The summed E-state index contributed by atoms with van der Waals surface area (Å²) in [6.07, 6.45) is 4.43. The molecule has 1 fully saturated rings. The molecule has 4 rings (SSSR count). The molecule has 1 aliphatic rings. The van der Waals surface area contributed by atoms with Crippen molar-refractivity contribution in [2.75, 3.05) is 11.4 Å². The van der Waals surface area contributed by atoms with Crippen LogP contribution in [0.4, 0.5) is 5.69 Å². The number of rotatable bonds is 2. The first-order valence-corrected chi connectivity index (χ1v) is 9.94. The minimum Gasteiger partial charge on any atom is -0.358 e. The number of benzene rings is 2. The molecule has 1 saturated heterocycles. The first-order chi connectivity index (χ1) is 12.7. The summed E-state index contributed by atoms with van der Waals surface area (Å²) in [6, 6.07) is 17.0. The molecule has 26 heavy (non-hydrogen) atoms. The number of nitrogens with zero attached hydrogens (tertiary/aromatic N) is 1. The zero-order chi connectivity index (χ0) is 18.1. The van der Waals surface area contributed by atoms with Crippen molar-refractivity contribution < 1.29 is 0 Å². The average molecular weight is 377 g/mol. The van der Waals surface area contributed by atoms with E-state index in [9.17, 15) is 0 Å². The molecular formula is C22H20N2S2. The van der Waals surface area contributed by atoms with E-state index in [1.807, 2.05) is 0 Å². The molecule has 2 nitrogen and oxygen atoms in total. The van der Waals surface area contributed by atoms with Crippen LogP contribution in [0.15, 0.2) is 71.3 Å². The first-order valence-electron chi connectivity index (χ1n) is 8.65. The van der Waals surface area contributed by atoms with Gasteiger partial charge in [0.1, 0.15) is 0 Å². The molecule has 3 aromatic rings. The summed E-state index contributed by atoms with van der Waals surface area (Å²) in [5, 5.41) is 7.65. The molecule has 2 aromatic carbocycles. The smallest absolute Gasteiger partial charge is 0.178 e. The first kappa shape index (κ1) is 17.0. The highest BCUT2D eigenvalue weighted by molar-refractivity contribution is 7.80. The third-order valence-electron chi connectivity index (χ3n) is 4.61. The van der Waals surface area contributed by atoms with Gasteiger partial charge in [-0.05, 0) is 72.2 Å². The normalized spacial score (nSPS) is 17.9. The lowest BCUT2D eigenvalue weighted by atomic mass is 10.0. The van der Waals surface area contributed by atoms with E-state index in [-0.39, 0.29) is 0 Å². The molecule has 0 spiro atoms. The van der Waals surface area contributed by atoms with Gasteiger partial charge in [0.25, 0.3) is 0 Å². The lowest BCUT2D eigenvalue weighted by molar-refractivity contribution is 0.925. The van der Waals surface area contributed by atoms with Gasteiger partial charge in [-0.3, -0.25) is 4.90 Å². The Bertz CT molecular complexity index is 1030. The second-order valence-corrected chi connectivity index (χ2v) is 7.66. The molecule has 0 atom stereocenters. The molecule has 0 bridgehead atoms. The van der Waals surface area contributed by atoms with Gasteiger partial charge < -0.3 is 5.32 Å². The number of thiophene rings is 1. The van der Waals surface area contributed by atoms with Crippen molar-refractivity contribution in [3.63, 3.8) is 0 Å². The molecule has 1 N–H and O–H groups in total. The average Bonchev–Trinajstić information content (AvgIpc) is 3.07. The van der Waals surface area contributed by atoms with E-state index in [1.54, 1.807) is 11.3 Å². The van der Waals surface area contributed by atoms with E-state index < -0.39 is 0 Å². The number of aryl methyl sites for hydroxylation is 1. The largest absolute Gasteiger partial charge is 0.358 e. The maximum atomic E-state index is 5.61. The Hall–Kier alpha value is -2.43. The Morgan fingerprint density at radius 3 is 2.65 bits per heavy atom. The van der Waals surface area contributed by atoms with E-state index in [2.05, 4.69) is 90.1 Å². The van der Waals surface area contributed by atoms with Crippen molar-refractivity contribution in [3.05, 3.63) is 82.4 Å². The number of anilines is 1. The standard InChI is InChI=1S/C22H20N2S2/c1-3-20-16(12-17-14-26-21-7-5-4-6-19(17)21)13-23-22(25)24(20)18-10-8-15(2)9-11-18/h3-12,14H,13H2,1-2H3,(H,23,25)/b16-12+,20-3+. The Morgan fingerprint density at radius 1 is 1.12 bits per heavy atom. The van der Waals surface area contributed by atoms with Crippen LogP contribution < -0.4 is 10.2 Å². The number of nitrogens with one attached hydrogen (secondary N) is 1. The number of fused-ring (bicyclic) bond motifs is 1. The summed E-state index contributed by atoms with van der Waals surface area (Å²) >= 11 is 7.40. The van der Waals surface area contributed by atoms with E-state index in [4.69, 9.17) is 12.2 Å². The summed E-state index contributed by atoms with van der Waals surface area (Å²) in [6.45, 7) is 4.91. The van der Waals surface area contributed by atoms with Crippen molar-refractivity contribution in [1.82, 2.24) is 5.32 Å². The van der Waals surface area contributed by atoms with Gasteiger partial charge in [-0.1, -0.05) is 42.0 Å². The molecule has 1 aliphatic heterocycles. The van der Waals surface area contributed by atoms with Crippen LogP contribution in [-0.4, -0.2) is 11.7 Å². The van der Waals surface area contributed by atoms with Crippen molar-refractivity contribution >= 4 is 50.5 Å². The Kier molecular flexibility index (Phi) is 4.62. The number of hydrogen-bond acceptors (Lipinski definition) is 2. The summed E-state index contributed by atoms with van der Waals surface area (Å²) in [4.78, 5) is 2.12. The SMILES string of the molecule is C/C=C1\C(=C\c2csc3ccccc23)CNC(=S)N1c1ccc(C)cc1. The zero-order valence-corrected chi connectivity index (χ0v) is 16.5. The van der Waals surface area contributed by atoms with Crippen LogP contribution in [0.1, 0.15) is 18.1 Å². The van der Waals surface area contributed by atoms with Gasteiger partial charge in [0, 0.05) is 22.6 Å². The third-order valence-corrected chi connectivity index (χ3v) is 5.92. The maximum absolute atomic E-state index is 5.61. The molecular weight excluding hydrogens is 356 g/mol. The fourth-order valence-electron chi connectivity index (χ4n) is 3.28. The van der Waals surface area contributed by atoms with E-state index in [0.29, 0.717) is 0 Å². The van der Waals surface area contributed by atoms with Gasteiger partial charge in [0.05, 0.1) is 0 Å². The maximum Gasteiger partial charge on any atom is 0.178 e. The minimum atomic E-state index is 0.741. The van der Waals surface area contributed by atoms with Crippen molar-refractivity contribution in [3.8, 4) is 0 Å². The number of thiocarbonyl (C=S) groups is 1. The minimum absolute atomic E-state index is 0.741. The highest BCUT2D eigenvalue weighted by atomic mass is 32.1. The lowest BCUT2D eigenvalue weighted by Gasteiger charge is -2.34. The van der Waals surface area contributed by atoms with Gasteiger partial charge in [0.15, 0.2) is 5.11 Å². The summed E-state index contributed by atoms with van der Waals surface area (Å²) in [5.74, 6) is 0. The Balaban J connectivity index is 1.77. The van der Waals surface area contributed by atoms with Gasteiger partial charge in [0.2, 0.25) is 0 Å². The Morgan fingerprint density at radius 2 is 1.88 bits per heavy atom. The van der Waals surface area contributed by atoms with Crippen LogP contribution >= 0.6 is 23.6 Å². The fourth-order valence-corrected chi connectivity index (χ4v) is 4.48. The van der Waals surface area contributed by atoms with Gasteiger partial charge in [-0.15, -0.1) is 11.3 Å². The second-order valence-electron chi connectivity index (χ2n) is 6.36. The molecule has 0 aliphatic carbocycles. The zero-order valence-electron chi connectivity index (χ0n) is 14.8. The quantitative estimate of drug-likeness (QED) is 0.561. The van der Waals surface area contributed by atoms with Crippen molar-refractivity contribution in [1.29, 1.82) is 0 Å². The van der Waals surface area contributed by atoms with Crippen LogP contribution in [-0.2, 0) is 0 Å². The summed E-state index contributed by atoms with van der Waals surface area (Å²) in [7, 11) is 0. The van der Waals surface area contributed by atoms with Gasteiger partial charge in [-0.2, -0.15) is 0 Å². The molecule has 0 unspecified atom stereocenters. The molecule has 0 saturated carbocycles. The van der Waals surface area contributed by atoms with Gasteiger partial charge in [-0.25, -0.2) is 0 Å². The second kappa shape index (κ2) is 7.06. The summed E-state index contributed by atoms with van der Waals surface area (Å²) in [5.41, 5.74) is 5.98. The van der Waals surface area contributed by atoms with Crippen LogP contribution in [0, 0.1) is 6.92 Å². The molecule has 1 aromatic heterocycles. The van der Waals surface area contributed by atoms with E-state index in [1.165, 1.54) is 26.8 Å².